The van der Waals surface area contributed by atoms with E-state index in [4.69, 9.17) is 25.8 Å². The first-order valence-electron chi connectivity index (χ1n) is 7.91. The first kappa shape index (κ1) is 16.5. The van der Waals surface area contributed by atoms with Gasteiger partial charge in [-0.05, 0) is 36.4 Å². The Kier molecular flexibility index (Phi) is 4.05. The highest BCUT2D eigenvalue weighted by Gasteiger charge is 2.23. The first-order chi connectivity index (χ1) is 12.6. The highest BCUT2D eigenvalue weighted by Crippen LogP contribution is 2.36. The van der Waals surface area contributed by atoms with Crippen molar-refractivity contribution >= 4 is 11.6 Å². The third-order valence-electron chi connectivity index (χ3n) is 4.23. The maximum absolute atomic E-state index is 12.6. The summed E-state index contributed by atoms with van der Waals surface area (Å²) < 4.78 is 16.4. The van der Waals surface area contributed by atoms with Gasteiger partial charge in [0.15, 0.2) is 11.5 Å². The van der Waals surface area contributed by atoms with Gasteiger partial charge >= 0.3 is 0 Å². The maximum atomic E-state index is 12.6. The number of ether oxygens (including phenoxy) is 3. The molecule has 2 aromatic carbocycles. The molecule has 0 spiro atoms. The number of H-pyrrole nitrogens is 1. The number of hydrogen-bond acceptors (Lipinski definition) is 5. The van der Waals surface area contributed by atoms with E-state index >= 15 is 0 Å². The van der Waals surface area contributed by atoms with Crippen molar-refractivity contribution in [2.24, 2.45) is 0 Å². The van der Waals surface area contributed by atoms with E-state index in [1.165, 1.54) is 0 Å². The van der Waals surface area contributed by atoms with Crippen LogP contribution in [0.1, 0.15) is 11.1 Å². The Morgan fingerprint density at radius 3 is 2.69 bits per heavy atom. The summed E-state index contributed by atoms with van der Waals surface area (Å²) in [6.45, 7) is 0. The van der Waals surface area contributed by atoms with E-state index in [1.54, 1.807) is 50.6 Å². The normalized spacial score (nSPS) is 12.0. The number of nitrogens with one attached hydrogen (secondary N) is 1. The fourth-order valence-electron chi connectivity index (χ4n) is 2.92. The summed E-state index contributed by atoms with van der Waals surface area (Å²) >= 11 is 6.02. The van der Waals surface area contributed by atoms with Gasteiger partial charge in [0.2, 0.25) is 5.88 Å². The molecule has 0 fully saturated rings. The fraction of sp³-hybridized carbons (Fsp3) is 0.158. The van der Waals surface area contributed by atoms with Gasteiger partial charge in [0, 0.05) is 22.6 Å². The Bertz CT molecular complexity index is 1060. The number of methoxy groups -OCH3 is 2. The topological polar surface area (TPSA) is 73.4 Å². The van der Waals surface area contributed by atoms with Crippen LogP contribution in [-0.2, 0) is 6.42 Å². The molecule has 0 atom stereocenters. The van der Waals surface area contributed by atoms with Gasteiger partial charge in [-0.25, -0.2) is 0 Å². The number of aromatic amines is 1. The predicted molar refractivity (Wildman–Crippen MR) is 97.7 cm³/mol. The molecule has 0 saturated heterocycles. The van der Waals surface area contributed by atoms with Crippen LogP contribution in [-0.4, -0.2) is 24.2 Å². The van der Waals surface area contributed by atoms with Gasteiger partial charge in [-0.15, -0.1) is 0 Å². The lowest BCUT2D eigenvalue weighted by Gasteiger charge is -2.19. The van der Waals surface area contributed by atoms with Gasteiger partial charge in [-0.2, -0.15) is 4.98 Å². The molecule has 0 aliphatic carbocycles. The van der Waals surface area contributed by atoms with E-state index in [1.807, 2.05) is 0 Å². The summed E-state index contributed by atoms with van der Waals surface area (Å²) in [5, 5.41) is 0.599. The molecule has 7 heteroatoms. The summed E-state index contributed by atoms with van der Waals surface area (Å²) in [6.07, 6.45) is 0.416. The van der Waals surface area contributed by atoms with Crippen molar-refractivity contribution in [2.75, 3.05) is 14.2 Å². The Balaban J connectivity index is 1.78. The molecule has 6 nitrogen and oxygen atoms in total. The highest BCUT2D eigenvalue weighted by atomic mass is 35.5. The van der Waals surface area contributed by atoms with Gasteiger partial charge in [0.1, 0.15) is 11.6 Å². The quantitative estimate of drug-likeness (QED) is 0.593. The number of nitrogens with zero attached hydrogens (tertiary/aromatic N) is 1. The standard InChI is InChI=1S/C19H15ClN2O4/c1-24-15-5-3-10(9-16(15)25-2)17-21-18(23)13-8-11-7-12(20)4-6-14(11)26-19(13)22-17/h3-7,9H,8H2,1-2H3,(H,21,22,23). The van der Waals surface area contributed by atoms with Crippen LogP contribution < -0.4 is 19.8 Å². The fourth-order valence-corrected chi connectivity index (χ4v) is 3.11. The number of rotatable bonds is 3. The van der Waals surface area contributed by atoms with Gasteiger partial charge in [0.25, 0.3) is 5.56 Å². The number of hydrogen-bond donors (Lipinski definition) is 1. The summed E-state index contributed by atoms with van der Waals surface area (Å²) in [5.41, 5.74) is 1.78. The average Bonchev–Trinajstić information content (AvgIpc) is 2.66. The van der Waals surface area contributed by atoms with Gasteiger partial charge < -0.3 is 19.2 Å². The van der Waals surface area contributed by atoms with Crippen LogP contribution >= 0.6 is 11.6 Å². The monoisotopic (exact) mass is 370 g/mol. The van der Waals surface area contributed by atoms with Gasteiger partial charge in [0.05, 0.1) is 19.8 Å². The molecule has 3 aromatic rings. The summed E-state index contributed by atoms with van der Waals surface area (Å²) in [7, 11) is 3.12. The van der Waals surface area contributed by atoms with Crippen molar-refractivity contribution in [2.45, 2.75) is 6.42 Å². The molecule has 26 heavy (non-hydrogen) atoms. The van der Waals surface area contributed by atoms with Crippen molar-refractivity contribution in [1.82, 2.24) is 9.97 Å². The molecule has 0 amide bonds. The molecule has 0 bridgehead atoms. The minimum Gasteiger partial charge on any atom is -0.493 e. The summed E-state index contributed by atoms with van der Waals surface area (Å²) in [5.74, 6) is 2.49. The zero-order valence-electron chi connectivity index (χ0n) is 14.1. The lowest BCUT2D eigenvalue weighted by atomic mass is 10.0. The second kappa shape index (κ2) is 6.38. The van der Waals surface area contributed by atoms with Crippen LogP contribution in [0.4, 0.5) is 0 Å². The Hall–Kier alpha value is -2.99. The number of aromatic nitrogens is 2. The van der Waals surface area contributed by atoms with Crippen LogP contribution in [0.15, 0.2) is 41.2 Å². The molecule has 0 saturated carbocycles. The molecule has 0 unspecified atom stereocenters. The summed E-state index contributed by atoms with van der Waals surface area (Å²) in [6, 6.07) is 10.6. The molecule has 2 heterocycles. The first-order valence-corrected chi connectivity index (χ1v) is 8.28. The van der Waals surface area contributed by atoms with Crippen LogP contribution in [0.2, 0.25) is 5.02 Å². The number of fused-ring (bicyclic) bond motifs is 2. The van der Waals surface area contributed by atoms with Crippen LogP contribution in [0, 0.1) is 0 Å². The number of benzene rings is 2. The molecule has 1 aliphatic rings. The SMILES string of the molecule is COc1ccc(-c2nc3c(c(=O)[nH]2)Cc2cc(Cl)ccc2O3)cc1OC. The third kappa shape index (κ3) is 2.78. The molecule has 132 valence electrons. The third-order valence-corrected chi connectivity index (χ3v) is 4.47. The van der Waals surface area contributed by atoms with Crippen LogP contribution in [0.3, 0.4) is 0 Å². The zero-order chi connectivity index (χ0) is 18.3. The molecular formula is C19H15ClN2O4. The second-order valence-electron chi connectivity index (χ2n) is 5.80. The minimum absolute atomic E-state index is 0.245. The molecule has 1 N–H and O–H groups in total. The van der Waals surface area contributed by atoms with Crippen LogP contribution in [0.25, 0.3) is 11.4 Å². The van der Waals surface area contributed by atoms with Gasteiger partial charge in [-0.1, -0.05) is 11.6 Å². The van der Waals surface area contributed by atoms with E-state index < -0.39 is 0 Å². The molecular weight excluding hydrogens is 356 g/mol. The second-order valence-corrected chi connectivity index (χ2v) is 6.24. The Morgan fingerprint density at radius 2 is 1.92 bits per heavy atom. The van der Waals surface area contributed by atoms with Crippen molar-refractivity contribution < 1.29 is 14.2 Å². The minimum atomic E-state index is -0.245. The zero-order valence-corrected chi connectivity index (χ0v) is 14.9. The van der Waals surface area contributed by atoms with Crippen molar-refractivity contribution in [3.05, 3.63) is 62.9 Å². The lowest BCUT2D eigenvalue weighted by Crippen LogP contribution is -2.20. The van der Waals surface area contributed by atoms with Gasteiger partial charge in [-0.3, -0.25) is 4.79 Å². The Labute approximate surface area is 154 Å². The average molecular weight is 371 g/mol. The van der Waals surface area contributed by atoms with E-state index in [-0.39, 0.29) is 5.56 Å². The molecule has 4 rings (SSSR count). The van der Waals surface area contributed by atoms with Crippen LogP contribution in [0.5, 0.6) is 23.1 Å². The van der Waals surface area contributed by atoms with Crippen molar-refractivity contribution in [1.29, 1.82) is 0 Å². The summed E-state index contributed by atoms with van der Waals surface area (Å²) in [4.78, 5) is 19.9. The van der Waals surface area contributed by atoms with E-state index in [9.17, 15) is 4.79 Å². The molecule has 0 radical (unpaired) electrons. The van der Waals surface area contributed by atoms with Crippen molar-refractivity contribution in [3.8, 4) is 34.5 Å². The largest absolute Gasteiger partial charge is 0.493 e. The maximum Gasteiger partial charge on any atom is 0.258 e. The van der Waals surface area contributed by atoms with E-state index in [0.717, 1.165) is 5.56 Å². The number of halogens is 1. The van der Waals surface area contributed by atoms with E-state index in [2.05, 4.69) is 9.97 Å². The predicted octanol–water partition coefficient (Wildman–Crippen LogP) is 3.80. The molecule has 1 aromatic heterocycles. The molecule has 1 aliphatic heterocycles. The Morgan fingerprint density at radius 1 is 1.12 bits per heavy atom. The lowest BCUT2D eigenvalue weighted by molar-refractivity contribution is 0.355. The van der Waals surface area contributed by atoms with E-state index in [0.29, 0.717) is 51.5 Å². The smallest absolute Gasteiger partial charge is 0.258 e. The van der Waals surface area contributed by atoms with Crippen molar-refractivity contribution in [3.63, 3.8) is 0 Å². The highest BCUT2D eigenvalue weighted by molar-refractivity contribution is 6.30.